The van der Waals surface area contributed by atoms with Gasteiger partial charge in [-0.2, -0.15) is 0 Å². The first-order valence-electron chi connectivity index (χ1n) is 5.80. The first-order chi connectivity index (χ1) is 6.74. The molecular weight excluding hydrogens is 176 g/mol. The molecule has 2 rings (SSSR count). The van der Waals surface area contributed by atoms with E-state index in [0.29, 0.717) is 6.42 Å². The number of rotatable bonds is 2. The Balaban J connectivity index is 1.86. The van der Waals surface area contributed by atoms with E-state index in [1.165, 1.54) is 25.7 Å². The minimum absolute atomic E-state index is 0.112. The maximum atomic E-state index is 11.2. The summed E-state index contributed by atoms with van der Waals surface area (Å²) in [7, 11) is 0. The molecular formula is C11H20N2O. The highest BCUT2D eigenvalue weighted by molar-refractivity contribution is 5.79. The van der Waals surface area contributed by atoms with E-state index in [4.69, 9.17) is 0 Å². The summed E-state index contributed by atoms with van der Waals surface area (Å²) < 4.78 is 0. The van der Waals surface area contributed by atoms with Gasteiger partial charge >= 0.3 is 0 Å². The minimum atomic E-state index is 0.112. The summed E-state index contributed by atoms with van der Waals surface area (Å²) in [5.74, 6) is 1.07. The molecule has 2 aliphatic rings. The van der Waals surface area contributed by atoms with Crippen molar-refractivity contribution in [2.75, 3.05) is 0 Å². The molecule has 2 fully saturated rings. The van der Waals surface area contributed by atoms with Crippen LogP contribution >= 0.6 is 0 Å². The lowest BCUT2D eigenvalue weighted by Crippen LogP contribution is -2.46. The van der Waals surface area contributed by atoms with Crippen LogP contribution in [0.5, 0.6) is 0 Å². The normalized spacial score (nSPS) is 37.5. The molecule has 1 amide bonds. The zero-order chi connectivity index (χ0) is 10.0. The third-order valence-electron chi connectivity index (χ3n) is 3.73. The fourth-order valence-corrected chi connectivity index (χ4v) is 2.83. The highest BCUT2D eigenvalue weighted by Crippen LogP contribution is 2.37. The molecule has 1 saturated carbocycles. The average Bonchev–Trinajstić information content (AvgIpc) is 2.53. The van der Waals surface area contributed by atoms with Gasteiger partial charge in [0.1, 0.15) is 0 Å². The van der Waals surface area contributed by atoms with Gasteiger partial charge in [0.05, 0.1) is 0 Å². The predicted octanol–water partition coefficient (Wildman–Crippen LogP) is 1.74. The van der Waals surface area contributed by atoms with Crippen LogP contribution in [0.1, 0.15) is 51.9 Å². The molecule has 3 heteroatoms. The second kappa shape index (κ2) is 3.89. The highest BCUT2D eigenvalue weighted by atomic mass is 16.2. The number of carbonyl (C=O) groups is 1. The van der Waals surface area contributed by atoms with Gasteiger partial charge in [-0.25, -0.2) is 5.43 Å². The maximum Gasteiger partial charge on any atom is 0.236 e. The molecule has 80 valence electrons. The largest absolute Gasteiger partial charge is 0.291 e. The van der Waals surface area contributed by atoms with E-state index >= 15 is 0 Å². The second-order valence-corrected chi connectivity index (χ2v) is 4.86. The van der Waals surface area contributed by atoms with E-state index in [9.17, 15) is 4.79 Å². The SMILES string of the molecule is CCCC1CCC2(CC1)CC(=O)NN2. The van der Waals surface area contributed by atoms with Crippen molar-refractivity contribution in [2.24, 2.45) is 5.92 Å². The molecule has 2 N–H and O–H groups in total. The van der Waals surface area contributed by atoms with Gasteiger partial charge in [-0.05, 0) is 31.6 Å². The van der Waals surface area contributed by atoms with Gasteiger partial charge in [0.25, 0.3) is 0 Å². The monoisotopic (exact) mass is 196 g/mol. The fourth-order valence-electron chi connectivity index (χ4n) is 2.83. The van der Waals surface area contributed by atoms with Gasteiger partial charge in [-0.15, -0.1) is 0 Å². The van der Waals surface area contributed by atoms with Crippen LogP contribution in [0.3, 0.4) is 0 Å². The fraction of sp³-hybridized carbons (Fsp3) is 0.909. The lowest BCUT2D eigenvalue weighted by molar-refractivity contribution is -0.119. The molecule has 0 unspecified atom stereocenters. The second-order valence-electron chi connectivity index (χ2n) is 4.86. The van der Waals surface area contributed by atoms with Crippen molar-refractivity contribution in [1.29, 1.82) is 0 Å². The number of nitrogens with one attached hydrogen (secondary N) is 2. The summed E-state index contributed by atoms with van der Waals surface area (Å²) in [5.41, 5.74) is 6.04. The maximum absolute atomic E-state index is 11.2. The minimum Gasteiger partial charge on any atom is -0.291 e. The molecule has 1 spiro atoms. The van der Waals surface area contributed by atoms with Crippen molar-refractivity contribution in [3.8, 4) is 0 Å². The van der Waals surface area contributed by atoms with Gasteiger partial charge < -0.3 is 0 Å². The van der Waals surface area contributed by atoms with Gasteiger partial charge in [-0.3, -0.25) is 10.2 Å². The molecule has 0 atom stereocenters. The van der Waals surface area contributed by atoms with Gasteiger partial charge in [0, 0.05) is 12.0 Å². The van der Waals surface area contributed by atoms with Crippen LogP contribution in [0, 0.1) is 5.92 Å². The van der Waals surface area contributed by atoms with E-state index in [1.807, 2.05) is 0 Å². The Kier molecular flexibility index (Phi) is 2.77. The Morgan fingerprint density at radius 2 is 2.14 bits per heavy atom. The topological polar surface area (TPSA) is 41.1 Å². The zero-order valence-corrected chi connectivity index (χ0v) is 8.94. The number of carbonyl (C=O) groups excluding carboxylic acids is 1. The number of hydrogen-bond donors (Lipinski definition) is 2. The van der Waals surface area contributed by atoms with Crippen LogP contribution < -0.4 is 10.9 Å². The quantitative estimate of drug-likeness (QED) is 0.706. The van der Waals surface area contributed by atoms with Crippen molar-refractivity contribution >= 4 is 5.91 Å². The highest BCUT2D eigenvalue weighted by Gasteiger charge is 2.40. The van der Waals surface area contributed by atoms with Crippen molar-refractivity contribution < 1.29 is 4.79 Å². The standard InChI is InChI=1S/C11H20N2O/c1-2-3-9-4-6-11(7-5-9)8-10(14)12-13-11/h9,13H,2-8H2,1H3,(H,12,14). The molecule has 3 nitrogen and oxygen atoms in total. The Morgan fingerprint density at radius 3 is 2.64 bits per heavy atom. The Hall–Kier alpha value is -0.570. The van der Waals surface area contributed by atoms with E-state index in [1.54, 1.807) is 0 Å². The lowest BCUT2D eigenvalue weighted by atomic mass is 9.74. The molecule has 0 bridgehead atoms. The van der Waals surface area contributed by atoms with Crippen molar-refractivity contribution in [3.05, 3.63) is 0 Å². The van der Waals surface area contributed by atoms with E-state index < -0.39 is 0 Å². The number of hydrazine groups is 1. The summed E-state index contributed by atoms with van der Waals surface area (Å²) >= 11 is 0. The first-order valence-corrected chi connectivity index (χ1v) is 5.80. The summed E-state index contributed by atoms with van der Waals surface area (Å²) in [4.78, 5) is 11.2. The Labute approximate surface area is 85.6 Å². The smallest absolute Gasteiger partial charge is 0.236 e. The molecule has 14 heavy (non-hydrogen) atoms. The van der Waals surface area contributed by atoms with Crippen LogP contribution in [-0.2, 0) is 4.79 Å². The summed E-state index contributed by atoms with van der Waals surface area (Å²) in [6, 6.07) is 0. The van der Waals surface area contributed by atoms with Crippen LogP contribution in [0.2, 0.25) is 0 Å². The molecule has 1 aliphatic carbocycles. The molecule has 1 saturated heterocycles. The Morgan fingerprint density at radius 1 is 1.43 bits per heavy atom. The van der Waals surface area contributed by atoms with Gasteiger partial charge in [0.2, 0.25) is 5.91 Å². The lowest BCUT2D eigenvalue weighted by Gasteiger charge is -2.35. The molecule has 1 heterocycles. The zero-order valence-electron chi connectivity index (χ0n) is 8.94. The van der Waals surface area contributed by atoms with Crippen LogP contribution in [-0.4, -0.2) is 11.4 Å². The molecule has 0 aromatic heterocycles. The van der Waals surface area contributed by atoms with Crippen LogP contribution in [0.4, 0.5) is 0 Å². The summed E-state index contributed by atoms with van der Waals surface area (Å²) in [5, 5.41) is 0. The number of hydrogen-bond acceptors (Lipinski definition) is 2. The Bertz CT molecular complexity index is 219. The third-order valence-corrected chi connectivity index (χ3v) is 3.73. The van der Waals surface area contributed by atoms with Crippen molar-refractivity contribution in [2.45, 2.75) is 57.4 Å². The van der Waals surface area contributed by atoms with E-state index in [2.05, 4.69) is 17.8 Å². The van der Waals surface area contributed by atoms with Crippen LogP contribution in [0.15, 0.2) is 0 Å². The average molecular weight is 196 g/mol. The van der Waals surface area contributed by atoms with Crippen LogP contribution in [0.25, 0.3) is 0 Å². The summed E-state index contributed by atoms with van der Waals surface area (Å²) in [6.07, 6.45) is 8.24. The molecule has 0 radical (unpaired) electrons. The van der Waals surface area contributed by atoms with Gasteiger partial charge in [-0.1, -0.05) is 19.8 Å². The summed E-state index contributed by atoms with van der Waals surface area (Å²) in [6.45, 7) is 2.25. The van der Waals surface area contributed by atoms with Crippen molar-refractivity contribution in [1.82, 2.24) is 10.9 Å². The third kappa shape index (κ3) is 1.92. The van der Waals surface area contributed by atoms with E-state index in [0.717, 1.165) is 18.8 Å². The predicted molar refractivity (Wildman–Crippen MR) is 55.5 cm³/mol. The molecule has 0 aromatic rings. The van der Waals surface area contributed by atoms with Gasteiger partial charge in [0.15, 0.2) is 0 Å². The molecule has 1 aliphatic heterocycles. The van der Waals surface area contributed by atoms with E-state index in [-0.39, 0.29) is 11.4 Å². The van der Waals surface area contributed by atoms with Crippen molar-refractivity contribution in [3.63, 3.8) is 0 Å². The number of amides is 1. The first kappa shape index (κ1) is 9.97. The molecule has 0 aromatic carbocycles.